The van der Waals surface area contributed by atoms with Crippen LogP contribution in [0.3, 0.4) is 0 Å². The molecule has 0 N–H and O–H groups in total. The fourth-order valence-corrected chi connectivity index (χ4v) is 4.94. The minimum Gasteiger partial charge on any atom is -0.0884 e. The normalized spacial score (nSPS) is 32.9. The number of benzene rings is 1. The molecule has 2 saturated carbocycles. The van der Waals surface area contributed by atoms with Crippen LogP contribution in [0.4, 0.5) is 0 Å². The molecule has 2 aliphatic carbocycles. The zero-order chi connectivity index (χ0) is 11.8. The van der Waals surface area contributed by atoms with Crippen molar-refractivity contribution in [3.05, 3.63) is 35.4 Å². The first-order valence-electron chi connectivity index (χ1n) is 6.95. The highest BCUT2D eigenvalue weighted by atomic mass is 79.9. The van der Waals surface area contributed by atoms with E-state index in [1.807, 2.05) is 0 Å². The van der Waals surface area contributed by atoms with E-state index in [1.165, 1.54) is 43.2 Å². The summed E-state index contributed by atoms with van der Waals surface area (Å²) in [5, 5.41) is 0. The lowest BCUT2D eigenvalue weighted by molar-refractivity contribution is 0.480. The standard InChI is InChI=1S/C16H21Br/c1-11-5-4-6-12(9-11)10-15(17)16-13-7-2-3-8-14(13)16/h4-6,9,13-16H,2-3,7-8,10H2,1H3. The lowest BCUT2D eigenvalue weighted by atomic mass is 10.0. The molecule has 0 heterocycles. The second-order valence-corrected chi connectivity index (χ2v) is 7.07. The van der Waals surface area contributed by atoms with Gasteiger partial charge in [-0.1, -0.05) is 58.6 Å². The van der Waals surface area contributed by atoms with Crippen molar-refractivity contribution in [3.63, 3.8) is 0 Å². The number of rotatable bonds is 3. The predicted molar refractivity (Wildman–Crippen MR) is 76.5 cm³/mol. The number of halogens is 1. The van der Waals surface area contributed by atoms with E-state index in [9.17, 15) is 0 Å². The third-order valence-corrected chi connectivity index (χ3v) is 5.59. The quantitative estimate of drug-likeness (QED) is 0.706. The fraction of sp³-hybridized carbons (Fsp3) is 0.625. The molecule has 3 unspecified atom stereocenters. The molecule has 3 atom stereocenters. The van der Waals surface area contributed by atoms with Gasteiger partial charge in [0.05, 0.1) is 0 Å². The molecule has 0 aromatic heterocycles. The summed E-state index contributed by atoms with van der Waals surface area (Å²) in [4.78, 5) is 0.706. The Bertz CT molecular complexity index is 386. The van der Waals surface area contributed by atoms with Gasteiger partial charge in [0.15, 0.2) is 0 Å². The molecule has 0 nitrogen and oxygen atoms in total. The smallest absolute Gasteiger partial charge is 0.0219 e. The van der Waals surface area contributed by atoms with Crippen LogP contribution in [0.2, 0.25) is 0 Å². The van der Waals surface area contributed by atoms with Gasteiger partial charge in [0.2, 0.25) is 0 Å². The summed E-state index contributed by atoms with van der Waals surface area (Å²) >= 11 is 3.96. The first kappa shape index (κ1) is 11.8. The molecule has 2 aliphatic rings. The van der Waals surface area contributed by atoms with Crippen LogP contribution in [0.15, 0.2) is 24.3 Å². The van der Waals surface area contributed by atoms with Gasteiger partial charge in [-0.2, -0.15) is 0 Å². The van der Waals surface area contributed by atoms with Gasteiger partial charge in [-0.05, 0) is 49.5 Å². The monoisotopic (exact) mass is 292 g/mol. The van der Waals surface area contributed by atoms with Gasteiger partial charge in [0.1, 0.15) is 0 Å². The Hall–Kier alpha value is -0.300. The van der Waals surface area contributed by atoms with Gasteiger partial charge in [-0.25, -0.2) is 0 Å². The fourth-order valence-electron chi connectivity index (χ4n) is 3.78. The maximum Gasteiger partial charge on any atom is 0.0219 e. The minimum atomic E-state index is 0.706. The number of fused-ring (bicyclic) bond motifs is 1. The Morgan fingerprint density at radius 1 is 1.24 bits per heavy atom. The van der Waals surface area contributed by atoms with Crippen LogP contribution in [-0.2, 0) is 6.42 Å². The Labute approximate surface area is 113 Å². The van der Waals surface area contributed by atoms with Crippen LogP contribution in [0.5, 0.6) is 0 Å². The third-order valence-electron chi connectivity index (χ3n) is 4.65. The molecule has 0 bridgehead atoms. The van der Waals surface area contributed by atoms with Crippen molar-refractivity contribution < 1.29 is 0 Å². The van der Waals surface area contributed by atoms with E-state index in [1.54, 1.807) is 0 Å². The summed E-state index contributed by atoms with van der Waals surface area (Å²) < 4.78 is 0. The Morgan fingerprint density at radius 3 is 2.59 bits per heavy atom. The van der Waals surface area contributed by atoms with Crippen LogP contribution in [-0.4, -0.2) is 4.83 Å². The molecule has 1 aromatic rings. The molecule has 0 spiro atoms. The van der Waals surface area contributed by atoms with Crippen molar-refractivity contribution in [2.75, 3.05) is 0 Å². The maximum absolute atomic E-state index is 3.96. The zero-order valence-corrected chi connectivity index (χ0v) is 12.1. The number of hydrogen-bond acceptors (Lipinski definition) is 0. The van der Waals surface area contributed by atoms with E-state index in [4.69, 9.17) is 0 Å². The van der Waals surface area contributed by atoms with E-state index in [2.05, 4.69) is 47.1 Å². The van der Waals surface area contributed by atoms with E-state index in [0.29, 0.717) is 4.83 Å². The molecule has 1 aromatic carbocycles. The lowest BCUT2D eigenvalue weighted by Gasteiger charge is -2.10. The van der Waals surface area contributed by atoms with Gasteiger partial charge < -0.3 is 0 Å². The molecule has 0 radical (unpaired) electrons. The van der Waals surface area contributed by atoms with Crippen LogP contribution < -0.4 is 0 Å². The molecular weight excluding hydrogens is 272 g/mol. The molecule has 0 amide bonds. The third kappa shape index (κ3) is 2.45. The van der Waals surface area contributed by atoms with Gasteiger partial charge in [-0.3, -0.25) is 0 Å². The van der Waals surface area contributed by atoms with Crippen molar-refractivity contribution in [3.8, 4) is 0 Å². The molecular formula is C16H21Br. The van der Waals surface area contributed by atoms with E-state index in [0.717, 1.165) is 17.8 Å². The number of aryl methyl sites for hydroxylation is 1. The second kappa shape index (κ2) is 4.76. The highest BCUT2D eigenvalue weighted by Gasteiger charge is 2.53. The van der Waals surface area contributed by atoms with Gasteiger partial charge in [0.25, 0.3) is 0 Å². The zero-order valence-electron chi connectivity index (χ0n) is 10.5. The number of hydrogen-bond donors (Lipinski definition) is 0. The van der Waals surface area contributed by atoms with Gasteiger partial charge in [0, 0.05) is 4.83 Å². The van der Waals surface area contributed by atoms with Crippen molar-refractivity contribution in [2.45, 2.75) is 43.9 Å². The SMILES string of the molecule is Cc1cccc(CC(Br)C2C3CCCCC32)c1. The molecule has 0 saturated heterocycles. The highest BCUT2D eigenvalue weighted by Crippen LogP contribution is 2.58. The largest absolute Gasteiger partial charge is 0.0884 e. The van der Waals surface area contributed by atoms with Gasteiger partial charge >= 0.3 is 0 Å². The summed E-state index contributed by atoms with van der Waals surface area (Å²) in [6.45, 7) is 2.18. The summed E-state index contributed by atoms with van der Waals surface area (Å²) in [5.74, 6) is 3.08. The van der Waals surface area contributed by atoms with Crippen LogP contribution in [0, 0.1) is 24.7 Å². The Morgan fingerprint density at radius 2 is 1.94 bits per heavy atom. The molecule has 2 fully saturated rings. The number of alkyl halides is 1. The summed E-state index contributed by atoms with van der Waals surface area (Å²) in [5.41, 5.74) is 2.88. The van der Waals surface area contributed by atoms with Crippen LogP contribution >= 0.6 is 15.9 Å². The average Bonchev–Trinajstić information content (AvgIpc) is 3.03. The van der Waals surface area contributed by atoms with E-state index in [-0.39, 0.29) is 0 Å². The highest BCUT2D eigenvalue weighted by molar-refractivity contribution is 9.09. The van der Waals surface area contributed by atoms with Crippen molar-refractivity contribution in [1.29, 1.82) is 0 Å². The predicted octanol–water partition coefficient (Wildman–Crippen LogP) is 4.74. The summed E-state index contributed by atoms with van der Waals surface area (Å²) in [6.07, 6.45) is 7.14. The summed E-state index contributed by atoms with van der Waals surface area (Å²) in [6, 6.07) is 8.97. The van der Waals surface area contributed by atoms with E-state index >= 15 is 0 Å². The van der Waals surface area contributed by atoms with Crippen molar-refractivity contribution in [1.82, 2.24) is 0 Å². The topological polar surface area (TPSA) is 0 Å². The van der Waals surface area contributed by atoms with E-state index < -0.39 is 0 Å². The van der Waals surface area contributed by atoms with Gasteiger partial charge in [-0.15, -0.1) is 0 Å². The first-order valence-corrected chi connectivity index (χ1v) is 7.87. The second-order valence-electron chi connectivity index (χ2n) is 5.90. The maximum atomic E-state index is 3.96. The van der Waals surface area contributed by atoms with Crippen LogP contribution in [0.1, 0.15) is 36.8 Å². The minimum absolute atomic E-state index is 0.706. The molecule has 0 aliphatic heterocycles. The van der Waals surface area contributed by atoms with Crippen molar-refractivity contribution in [2.24, 2.45) is 17.8 Å². The first-order chi connectivity index (χ1) is 8.25. The lowest BCUT2D eigenvalue weighted by Crippen LogP contribution is -2.07. The molecule has 3 rings (SSSR count). The Kier molecular flexibility index (Phi) is 3.30. The molecule has 1 heteroatoms. The average molecular weight is 293 g/mol. The Balaban J connectivity index is 1.62. The molecule has 17 heavy (non-hydrogen) atoms. The molecule has 92 valence electrons. The summed E-state index contributed by atoms with van der Waals surface area (Å²) in [7, 11) is 0. The van der Waals surface area contributed by atoms with Crippen LogP contribution in [0.25, 0.3) is 0 Å². The van der Waals surface area contributed by atoms with Crippen molar-refractivity contribution >= 4 is 15.9 Å².